The van der Waals surface area contributed by atoms with Gasteiger partial charge in [-0.25, -0.2) is 23.4 Å². The van der Waals surface area contributed by atoms with E-state index in [2.05, 4.69) is 15.3 Å². The third-order valence-corrected chi connectivity index (χ3v) is 5.39. The average Bonchev–Trinajstić information content (AvgIpc) is 3.19. The number of amides is 2. The second kappa shape index (κ2) is 8.59. The molecule has 1 aromatic carbocycles. The van der Waals surface area contributed by atoms with E-state index >= 15 is 0 Å². The third kappa shape index (κ3) is 4.08. The largest absolute Gasteiger partial charge is 0.467 e. The van der Waals surface area contributed by atoms with Crippen LogP contribution < -0.4 is 5.32 Å². The van der Waals surface area contributed by atoms with E-state index in [-0.39, 0.29) is 18.0 Å². The van der Waals surface area contributed by atoms with Crippen LogP contribution in [0.4, 0.5) is 13.6 Å². The molecule has 2 N–H and O–H groups in total. The van der Waals surface area contributed by atoms with Crippen molar-refractivity contribution in [2.75, 3.05) is 13.7 Å². The number of methoxy groups -OCH3 is 1. The molecule has 2 heterocycles. The molecule has 2 amide bonds. The predicted octanol–water partition coefficient (Wildman–Crippen LogP) is 2.93. The van der Waals surface area contributed by atoms with E-state index in [1.165, 1.54) is 24.4 Å². The van der Waals surface area contributed by atoms with Gasteiger partial charge in [0.05, 0.1) is 19.1 Å². The zero-order valence-electron chi connectivity index (χ0n) is 16.5. The van der Waals surface area contributed by atoms with Crippen LogP contribution in [0.15, 0.2) is 24.5 Å². The van der Waals surface area contributed by atoms with Crippen molar-refractivity contribution in [2.45, 2.75) is 38.8 Å². The van der Waals surface area contributed by atoms with Crippen molar-refractivity contribution in [1.29, 1.82) is 0 Å². The fraction of sp³-hybridized carbons (Fsp3) is 0.450. The lowest BCUT2D eigenvalue weighted by Gasteiger charge is -2.36. The SMILES string of the molecule is CCC(C)C(NC(=O)N1CCc2[nH]cnc2C1c1ccc(F)cc1F)C(=O)OC. The molecule has 156 valence electrons. The predicted molar refractivity (Wildman–Crippen MR) is 101 cm³/mol. The molecule has 0 spiro atoms. The lowest BCUT2D eigenvalue weighted by molar-refractivity contribution is -0.144. The Morgan fingerprint density at radius 2 is 2.17 bits per heavy atom. The molecule has 7 nitrogen and oxygen atoms in total. The van der Waals surface area contributed by atoms with Crippen LogP contribution in [0.1, 0.15) is 43.3 Å². The Morgan fingerprint density at radius 3 is 2.83 bits per heavy atom. The number of esters is 1. The van der Waals surface area contributed by atoms with Crippen LogP contribution in [0.25, 0.3) is 0 Å². The van der Waals surface area contributed by atoms with Gasteiger partial charge in [-0.2, -0.15) is 0 Å². The number of urea groups is 1. The van der Waals surface area contributed by atoms with Crippen LogP contribution in [0.3, 0.4) is 0 Å². The number of nitrogens with one attached hydrogen (secondary N) is 2. The third-order valence-electron chi connectivity index (χ3n) is 5.39. The number of ether oxygens (including phenoxy) is 1. The van der Waals surface area contributed by atoms with Crippen molar-refractivity contribution in [3.63, 3.8) is 0 Å². The molecule has 1 aliphatic heterocycles. The highest BCUT2D eigenvalue weighted by atomic mass is 19.1. The molecule has 3 rings (SSSR count). The maximum Gasteiger partial charge on any atom is 0.328 e. The maximum absolute atomic E-state index is 14.6. The van der Waals surface area contributed by atoms with Gasteiger partial charge < -0.3 is 19.9 Å². The number of nitrogens with zero attached hydrogens (tertiary/aromatic N) is 2. The highest BCUT2D eigenvalue weighted by molar-refractivity contribution is 5.84. The molecule has 0 aliphatic carbocycles. The van der Waals surface area contributed by atoms with Gasteiger partial charge in [0, 0.05) is 30.3 Å². The molecule has 0 fully saturated rings. The highest BCUT2D eigenvalue weighted by Gasteiger charge is 2.38. The Morgan fingerprint density at radius 1 is 1.41 bits per heavy atom. The Labute approximate surface area is 167 Å². The first-order chi connectivity index (χ1) is 13.9. The molecular formula is C20H24F2N4O3. The van der Waals surface area contributed by atoms with Gasteiger partial charge in [0.1, 0.15) is 23.7 Å². The van der Waals surface area contributed by atoms with Crippen molar-refractivity contribution < 1.29 is 23.1 Å². The molecule has 0 saturated heterocycles. The first-order valence-corrected chi connectivity index (χ1v) is 9.49. The first kappa shape index (κ1) is 20.8. The fourth-order valence-corrected chi connectivity index (χ4v) is 3.55. The summed E-state index contributed by atoms with van der Waals surface area (Å²) in [6.45, 7) is 4.01. The standard InChI is InChI=1S/C20H24F2N4O3/c1-4-11(2)16(19(27)29-3)25-20(28)26-8-7-15-17(24-10-23-15)18(26)13-6-5-12(21)9-14(13)22/h5-6,9-11,16,18H,4,7-8H2,1-3H3,(H,23,24)(H,25,28). The number of aromatic amines is 1. The number of hydrogen-bond acceptors (Lipinski definition) is 4. The van der Waals surface area contributed by atoms with Crippen LogP contribution in [-0.2, 0) is 16.0 Å². The number of H-pyrrole nitrogens is 1. The van der Waals surface area contributed by atoms with Gasteiger partial charge in [-0.05, 0) is 12.0 Å². The first-order valence-electron chi connectivity index (χ1n) is 9.49. The number of imidazole rings is 1. The van der Waals surface area contributed by atoms with Crippen LogP contribution in [0.2, 0.25) is 0 Å². The Balaban J connectivity index is 1.96. The molecule has 2 aromatic rings. The van der Waals surface area contributed by atoms with E-state index in [4.69, 9.17) is 4.74 Å². The number of carbonyl (C=O) groups excluding carboxylic acids is 2. The summed E-state index contributed by atoms with van der Waals surface area (Å²) in [4.78, 5) is 34.0. The van der Waals surface area contributed by atoms with Crippen molar-refractivity contribution in [3.05, 3.63) is 53.1 Å². The minimum atomic E-state index is -0.846. The molecule has 0 saturated carbocycles. The zero-order chi connectivity index (χ0) is 21.1. The Hall–Kier alpha value is -2.97. The summed E-state index contributed by atoms with van der Waals surface area (Å²) < 4.78 is 32.8. The van der Waals surface area contributed by atoms with E-state index in [1.54, 1.807) is 0 Å². The summed E-state index contributed by atoms with van der Waals surface area (Å²) in [6, 6.07) is 1.01. The minimum Gasteiger partial charge on any atom is -0.467 e. The van der Waals surface area contributed by atoms with E-state index in [9.17, 15) is 18.4 Å². The molecule has 3 unspecified atom stereocenters. The molecule has 9 heteroatoms. The van der Waals surface area contributed by atoms with Crippen molar-refractivity contribution in [2.24, 2.45) is 5.92 Å². The molecule has 1 aliphatic rings. The summed E-state index contributed by atoms with van der Waals surface area (Å²) >= 11 is 0. The number of hydrogen-bond donors (Lipinski definition) is 2. The van der Waals surface area contributed by atoms with Crippen molar-refractivity contribution >= 4 is 12.0 Å². The van der Waals surface area contributed by atoms with E-state index in [0.717, 1.165) is 17.8 Å². The number of carbonyl (C=O) groups is 2. The topological polar surface area (TPSA) is 87.3 Å². The van der Waals surface area contributed by atoms with Gasteiger partial charge in [-0.3, -0.25) is 0 Å². The average molecular weight is 406 g/mol. The second-order valence-electron chi connectivity index (χ2n) is 7.11. The molecule has 0 bridgehead atoms. The molecular weight excluding hydrogens is 382 g/mol. The number of aromatic nitrogens is 2. The molecule has 0 radical (unpaired) electrons. The smallest absolute Gasteiger partial charge is 0.328 e. The van der Waals surface area contributed by atoms with E-state index in [1.807, 2.05) is 13.8 Å². The minimum absolute atomic E-state index is 0.132. The highest BCUT2D eigenvalue weighted by Crippen LogP contribution is 2.35. The lowest BCUT2D eigenvalue weighted by atomic mass is 9.95. The van der Waals surface area contributed by atoms with Crippen LogP contribution >= 0.6 is 0 Å². The van der Waals surface area contributed by atoms with E-state index < -0.39 is 35.7 Å². The van der Waals surface area contributed by atoms with Gasteiger partial charge >= 0.3 is 12.0 Å². The fourth-order valence-electron chi connectivity index (χ4n) is 3.55. The monoisotopic (exact) mass is 406 g/mol. The van der Waals surface area contributed by atoms with E-state index in [0.29, 0.717) is 18.5 Å². The number of rotatable bonds is 5. The summed E-state index contributed by atoms with van der Waals surface area (Å²) in [5.41, 5.74) is 1.41. The van der Waals surface area contributed by atoms with Gasteiger partial charge in [-0.1, -0.05) is 26.3 Å². The summed E-state index contributed by atoms with van der Waals surface area (Å²) in [5.74, 6) is -2.18. The molecule has 3 atom stereocenters. The van der Waals surface area contributed by atoms with Crippen molar-refractivity contribution in [3.8, 4) is 0 Å². The summed E-state index contributed by atoms with van der Waals surface area (Å²) in [6.07, 6.45) is 2.63. The van der Waals surface area contributed by atoms with Crippen LogP contribution in [0.5, 0.6) is 0 Å². The van der Waals surface area contributed by atoms with Gasteiger partial charge in [0.25, 0.3) is 0 Å². The van der Waals surface area contributed by atoms with Gasteiger partial charge in [0.15, 0.2) is 0 Å². The normalized spacial score (nSPS) is 18.0. The van der Waals surface area contributed by atoms with Crippen LogP contribution in [0, 0.1) is 17.6 Å². The number of halogens is 2. The molecule has 29 heavy (non-hydrogen) atoms. The number of fused-ring (bicyclic) bond motifs is 1. The Bertz CT molecular complexity index is 902. The summed E-state index contributed by atoms with van der Waals surface area (Å²) in [7, 11) is 1.26. The van der Waals surface area contributed by atoms with Gasteiger partial charge in [0.2, 0.25) is 0 Å². The van der Waals surface area contributed by atoms with Gasteiger partial charge in [-0.15, -0.1) is 0 Å². The van der Waals surface area contributed by atoms with Crippen LogP contribution in [-0.4, -0.2) is 46.6 Å². The summed E-state index contributed by atoms with van der Waals surface area (Å²) in [5, 5.41) is 2.72. The number of benzene rings is 1. The maximum atomic E-state index is 14.6. The quantitative estimate of drug-likeness (QED) is 0.748. The Kier molecular flexibility index (Phi) is 6.14. The van der Waals surface area contributed by atoms with Crippen molar-refractivity contribution in [1.82, 2.24) is 20.2 Å². The second-order valence-corrected chi connectivity index (χ2v) is 7.11. The lowest BCUT2D eigenvalue weighted by Crippen LogP contribution is -2.53. The zero-order valence-corrected chi connectivity index (χ0v) is 16.5. The molecule has 1 aromatic heterocycles.